The number of benzene rings is 2. The van der Waals surface area contributed by atoms with Gasteiger partial charge in [0.25, 0.3) is 0 Å². The molecule has 32 heavy (non-hydrogen) atoms. The first kappa shape index (κ1) is 23.2. The van der Waals surface area contributed by atoms with E-state index < -0.39 is 23.6 Å². The smallest absolute Gasteiger partial charge is 0.418 e. The standard InChI is InChI=1S/C22H18F3N3O3S/c1-31-14-8-6-13(7-9-14)15-10-19(29)28-21(16(15)11-26)32-12-20(30)27-18-5-3-2-4-17(18)22(23,24)25/h2-9,15H,10,12H2,1H3,(H,27,30)(H,28,29)/t15-/m1/s1. The van der Waals surface area contributed by atoms with Gasteiger partial charge >= 0.3 is 6.18 Å². The van der Waals surface area contributed by atoms with Crippen LogP contribution in [0.15, 0.2) is 59.1 Å². The molecule has 2 amide bonds. The third-order valence-corrected chi connectivity index (χ3v) is 5.75. The Morgan fingerprint density at radius 2 is 1.94 bits per heavy atom. The van der Waals surface area contributed by atoms with Gasteiger partial charge in [-0.25, -0.2) is 0 Å². The average Bonchev–Trinajstić information content (AvgIpc) is 2.77. The van der Waals surface area contributed by atoms with Crippen molar-refractivity contribution in [3.63, 3.8) is 0 Å². The van der Waals surface area contributed by atoms with Gasteiger partial charge in [-0.05, 0) is 29.8 Å². The van der Waals surface area contributed by atoms with Gasteiger partial charge in [0.05, 0.1) is 40.8 Å². The van der Waals surface area contributed by atoms with Crippen LogP contribution in [-0.2, 0) is 15.8 Å². The van der Waals surface area contributed by atoms with Crippen molar-refractivity contribution in [3.8, 4) is 11.8 Å². The van der Waals surface area contributed by atoms with E-state index in [4.69, 9.17) is 4.74 Å². The van der Waals surface area contributed by atoms with Gasteiger partial charge in [0.15, 0.2) is 0 Å². The van der Waals surface area contributed by atoms with Gasteiger partial charge in [-0.3, -0.25) is 9.59 Å². The molecule has 2 N–H and O–H groups in total. The summed E-state index contributed by atoms with van der Waals surface area (Å²) in [5.41, 5.74) is -0.299. The van der Waals surface area contributed by atoms with E-state index in [1.54, 1.807) is 24.3 Å². The van der Waals surface area contributed by atoms with E-state index in [0.29, 0.717) is 5.75 Å². The molecule has 166 valence electrons. The quantitative estimate of drug-likeness (QED) is 0.665. The topological polar surface area (TPSA) is 91.2 Å². The first-order valence-electron chi connectivity index (χ1n) is 9.40. The molecule has 0 bridgehead atoms. The summed E-state index contributed by atoms with van der Waals surface area (Å²) in [6, 6.07) is 13.7. The van der Waals surface area contributed by atoms with Crippen molar-refractivity contribution in [1.82, 2.24) is 5.32 Å². The number of nitriles is 1. The first-order valence-corrected chi connectivity index (χ1v) is 10.4. The number of ether oxygens (including phenoxy) is 1. The Bertz CT molecular complexity index is 1090. The van der Waals surface area contributed by atoms with E-state index in [1.165, 1.54) is 19.2 Å². The highest BCUT2D eigenvalue weighted by Crippen LogP contribution is 2.37. The van der Waals surface area contributed by atoms with Gasteiger partial charge < -0.3 is 15.4 Å². The lowest BCUT2D eigenvalue weighted by Gasteiger charge is -2.25. The number of carbonyl (C=O) groups excluding carboxylic acids is 2. The molecule has 10 heteroatoms. The summed E-state index contributed by atoms with van der Waals surface area (Å²) < 4.78 is 44.5. The largest absolute Gasteiger partial charge is 0.497 e. The summed E-state index contributed by atoms with van der Waals surface area (Å²) in [5, 5.41) is 14.7. The van der Waals surface area contributed by atoms with Gasteiger partial charge in [-0.15, -0.1) is 0 Å². The van der Waals surface area contributed by atoms with Gasteiger partial charge in [-0.2, -0.15) is 18.4 Å². The molecule has 1 heterocycles. The lowest BCUT2D eigenvalue weighted by molar-refractivity contribution is -0.137. The number of allylic oxidation sites excluding steroid dienone is 1. The van der Waals surface area contributed by atoms with E-state index in [0.717, 1.165) is 29.5 Å². The average molecular weight is 461 g/mol. The van der Waals surface area contributed by atoms with Gasteiger partial charge in [0, 0.05) is 12.3 Å². The van der Waals surface area contributed by atoms with E-state index in [1.807, 2.05) is 0 Å². The Morgan fingerprint density at radius 1 is 1.25 bits per heavy atom. The van der Waals surface area contributed by atoms with E-state index >= 15 is 0 Å². The molecule has 0 saturated carbocycles. The number of thioether (sulfide) groups is 1. The summed E-state index contributed by atoms with van der Waals surface area (Å²) in [6.45, 7) is 0. The minimum Gasteiger partial charge on any atom is -0.497 e. The van der Waals surface area contributed by atoms with Crippen LogP contribution in [0.3, 0.4) is 0 Å². The van der Waals surface area contributed by atoms with Crippen LogP contribution in [0.1, 0.15) is 23.5 Å². The minimum absolute atomic E-state index is 0.0600. The second-order valence-corrected chi connectivity index (χ2v) is 7.80. The van der Waals surface area contributed by atoms with Gasteiger partial charge in [0.2, 0.25) is 11.8 Å². The lowest BCUT2D eigenvalue weighted by atomic mass is 9.87. The summed E-state index contributed by atoms with van der Waals surface area (Å²) in [5.74, 6) is -1.19. The number of rotatable bonds is 6. The normalized spacial score (nSPS) is 16.2. The van der Waals surface area contributed by atoms with Crippen molar-refractivity contribution < 1.29 is 27.5 Å². The molecule has 3 rings (SSSR count). The third kappa shape index (κ3) is 5.42. The molecule has 2 aromatic rings. The molecule has 0 saturated heterocycles. The zero-order valence-electron chi connectivity index (χ0n) is 16.8. The molecule has 1 aliphatic heterocycles. The maximum absolute atomic E-state index is 13.1. The SMILES string of the molecule is COc1ccc([C@H]2CC(=O)NC(SCC(=O)Nc3ccccc3C(F)(F)F)=C2C#N)cc1. The Labute approximate surface area is 186 Å². The van der Waals surface area contributed by atoms with Crippen LogP contribution < -0.4 is 15.4 Å². The van der Waals surface area contributed by atoms with Crippen molar-refractivity contribution in [2.24, 2.45) is 0 Å². The Hall–Kier alpha value is -3.45. The highest BCUT2D eigenvalue weighted by molar-refractivity contribution is 8.03. The summed E-state index contributed by atoms with van der Waals surface area (Å²) in [6.07, 6.45) is -4.55. The fraction of sp³-hybridized carbons (Fsp3) is 0.227. The van der Waals surface area contributed by atoms with Crippen LogP contribution >= 0.6 is 11.8 Å². The Kier molecular flexibility index (Phi) is 7.10. The van der Waals surface area contributed by atoms with Crippen LogP contribution in [0.5, 0.6) is 5.75 Å². The van der Waals surface area contributed by atoms with Gasteiger partial charge in [0.1, 0.15) is 5.75 Å². The molecule has 0 fully saturated rings. The summed E-state index contributed by atoms with van der Waals surface area (Å²) >= 11 is 0.888. The predicted octanol–water partition coefficient (Wildman–Crippen LogP) is 4.42. The number of para-hydroxylation sites is 1. The van der Waals surface area contributed by atoms with E-state index in [-0.39, 0.29) is 34.4 Å². The molecule has 0 radical (unpaired) electrons. The highest BCUT2D eigenvalue weighted by Gasteiger charge is 2.34. The molecule has 6 nitrogen and oxygen atoms in total. The van der Waals surface area contributed by atoms with Gasteiger partial charge in [-0.1, -0.05) is 36.0 Å². The van der Waals surface area contributed by atoms with E-state index in [2.05, 4.69) is 16.7 Å². The van der Waals surface area contributed by atoms with Crippen molar-refractivity contribution in [2.45, 2.75) is 18.5 Å². The fourth-order valence-corrected chi connectivity index (χ4v) is 4.09. The van der Waals surface area contributed by atoms with Crippen molar-refractivity contribution >= 4 is 29.3 Å². The van der Waals surface area contributed by atoms with Crippen LogP contribution in [0.4, 0.5) is 18.9 Å². The zero-order chi connectivity index (χ0) is 23.3. The number of methoxy groups -OCH3 is 1. The van der Waals surface area contributed by atoms with Crippen molar-refractivity contribution in [3.05, 3.63) is 70.3 Å². The predicted molar refractivity (Wildman–Crippen MR) is 114 cm³/mol. The number of anilines is 1. The number of carbonyl (C=O) groups is 2. The molecule has 2 aromatic carbocycles. The summed E-state index contributed by atoms with van der Waals surface area (Å²) in [7, 11) is 1.52. The molecular formula is C22H18F3N3O3S. The maximum atomic E-state index is 13.1. The molecule has 0 unspecified atom stereocenters. The molecular weight excluding hydrogens is 443 g/mol. The van der Waals surface area contributed by atoms with Crippen LogP contribution in [0, 0.1) is 11.3 Å². The Morgan fingerprint density at radius 3 is 2.56 bits per heavy atom. The summed E-state index contributed by atoms with van der Waals surface area (Å²) in [4.78, 5) is 24.5. The monoisotopic (exact) mass is 461 g/mol. The van der Waals surface area contributed by atoms with Crippen LogP contribution in [0.2, 0.25) is 0 Å². The number of hydrogen-bond donors (Lipinski definition) is 2. The fourth-order valence-electron chi connectivity index (χ4n) is 3.22. The zero-order valence-corrected chi connectivity index (χ0v) is 17.6. The number of amides is 2. The highest BCUT2D eigenvalue weighted by atomic mass is 32.2. The number of alkyl halides is 3. The third-order valence-electron chi connectivity index (χ3n) is 4.73. The van der Waals surface area contributed by atoms with Crippen molar-refractivity contribution in [1.29, 1.82) is 5.26 Å². The first-order chi connectivity index (χ1) is 15.2. The second-order valence-electron chi connectivity index (χ2n) is 6.81. The Balaban J connectivity index is 1.76. The molecule has 1 aliphatic rings. The molecule has 1 atom stereocenters. The second kappa shape index (κ2) is 9.78. The molecule has 0 aliphatic carbocycles. The number of nitrogens with one attached hydrogen (secondary N) is 2. The minimum atomic E-state index is -4.61. The number of hydrogen-bond acceptors (Lipinski definition) is 5. The maximum Gasteiger partial charge on any atom is 0.418 e. The van der Waals surface area contributed by atoms with Crippen LogP contribution in [-0.4, -0.2) is 24.7 Å². The molecule has 0 spiro atoms. The number of nitrogens with zero attached hydrogens (tertiary/aromatic N) is 1. The van der Waals surface area contributed by atoms with E-state index in [9.17, 15) is 28.0 Å². The van der Waals surface area contributed by atoms with Crippen LogP contribution in [0.25, 0.3) is 0 Å². The number of halogens is 3. The lowest BCUT2D eigenvalue weighted by Crippen LogP contribution is -2.31. The van der Waals surface area contributed by atoms with Crippen molar-refractivity contribution in [2.75, 3.05) is 18.2 Å². The molecule has 0 aromatic heterocycles.